The Morgan fingerprint density at radius 1 is 1.15 bits per heavy atom. The number of carbonyl (C=O) groups excluding carboxylic acids is 2. The lowest BCUT2D eigenvalue weighted by Crippen LogP contribution is -2.33. The number of aromatic nitrogens is 1. The number of phenolic OH excluding ortho intramolecular Hbond substituents is 1. The highest BCUT2D eigenvalue weighted by atomic mass is 16.5. The number of aliphatic hydroxyl groups is 1. The average Bonchev–Trinajstić information content (AvgIpc) is 3.57. The SMILES string of the molecule is COc1ccc2[nH]cc(CCN3C(=O)C(O)=C(C(=O)c4ccco4)C3c3cccc(O)c3)c2c1. The van der Waals surface area contributed by atoms with Gasteiger partial charge < -0.3 is 29.3 Å². The minimum Gasteiger partial charge on any atom is -0.508 e. The number of fused-ring (bicyclic) bond motifs is 1. The van der Waals surface area contributed by atoms with Crippen LogP contribution in [0.2, 0.25) is 0 Å². The molecular formula is C26H22N2O6. The lowest BCUT2D eigenvalue weighted by molar-refractivity contribution is -0.129. The smallest absolute Gasteiger partial charge is 0.290 e. The number of ketones is 1. The Morgan fingerprint density at radius 3 is 2.74 bits per heavy atom. The number of benzene rings is 2. The number of ether oxygens (including phenoxy) is 1. The Balaban J connectivity index is 1.51. The van der Waals surface area contributed by atoms with Crippen molar-refractivity contribution >= 4 is 22.6 Å². The van der Waals surface area contributed by atoms with Gasteiger partial charge in [-0.05, 0) is 60.0 Å². The van der Waals surface area contributed by atoms with E-state index in [2.05, 4.69) is 4.98 Å². The molecule has 3 heterocycles. The van der Waals surface area contributed by atoms with E-state index in [1.165, 1.54) is 29.4 Å². The zero-order chi connectivity index (χ0) is 23.8. The predicted octanol–water partition coefficient (Wildman–Crippen LogP) is 4.30. The second-order valence-electron chi connectivity index (χ2n) is 8.04. The van der Waals surface area contributed by atoms with Crippen LogP contribution in [-0.2, 0) is 11.2 Å². The maximum Gasteiger partial charge on any atom is 0.290 e. The van der Waals surface area contributed by atoms with Crippen LogP contribution in [0.4, 0.5) is 0 Å². The second-order valence-corrected chi connectivity index (χ2v) is 8.04. The van der Waals surface area contributed by atoms with Crippen LogP contribution in [-0.4, -0.2) is 45.4 Å². The molecule has 34 heavy (non-hydrogen) atoms. The van der Waals surface area contributed by atoms with Crippen molar-refractivity contribution in [2.45, 2.75) is 12.5 Å². The molecule has 1 aliphatic heterocycles. The summed E-state index contributed by atoms with van der Waals surface area (Å²) in [4.78, 5) is 31.0. The lowest BCUT2D eigenvalue weighted by Gasteiger charge is -2.26. The van der Waals surface area contributed by atoms with Crippen molar-refractivity contribution in [3.63, 3.8) is 0 Å². The summed E-state index contributed by atoms with van der Waals surface area (Å²) in [6, 6.07) is 14.2. The summed E-state index contributed by atoms with van der Waals surface area (Å²) < 4.78 is 10.6. The highest BCUT2D eigenvalue weighted by Crippen LogP contribution is 2.40. The minimum atomic E-state index is -0.878. The van der Waals surface area contributed by atoms with Crippen molar-refractivity contribution < 1.29 is 29.0 Å². The van der Waals surface area contributed by atoms with E-state index in [0.717, 1.165) is 16.5 Å². The fourth-order valence-corrected chi connectivity index (χ4v) is 4.43. The zero-order valence-corrected chi connectivity index (χ0v) is 18.3. The third-order valence-electron chi connectivity index (χ3n) is 6.08. The van der Waals surface area contributed by atoms with Gasteiger partial charge in [0, 0.05) is 23.6 Å². The van der Waals surface area contributed by atoms with Gasteiger partial charge in [-0.1, -0.05) is 12.1 Å². The van der Waals surface area contributed by atoms with Crippen molar-refractivity contribution in [2.75, 3.05) is 13.7 Å². The van der Waals surface area contributed by atoms with Crippen molar-refractivity contribution in [3.05, 3.63) is 95.3 Å². The molecule has 8 heteroatoms. The Hall–Kier alpha value is -4.46. The number of methoxy groups -OCH3 is 1. The van der Waals surface area contributed by atoms with Gasteiger partial charge >= 0.3 is 0 Å². The van der Waals surface area contributed by atoms with Gasteiger partial charge in [0.2, 0.25) is 5.78 Å². The molecule has 1 amide bonds. The van der Waals surface area contributed by atoms with E-state index in [1.807, 2.05) is 24.4 Å². The number of H-pyrrole nitrogens is 1. The van der Waals surface area contributed by atoms with Crippen LogP contribution in [0.3, 0.4) is 0 Å². The molecule has 0 fully saturated rings. The summed E-state index contributed by atoms with van der Waals surface area (Å²) in [7, 11) is 1.60. The van der Waals surface area contributed by atoms with Crippen molar-refractivity contribution in [1.29, 1.82) is 0 Å². The lowest BCUT2D eigenvalue weighted by atomic mass is 9.94. The molecule has 3 N–H and O–H groups in total. The number of carbonyl (C=O) groups is 2. The van der Waals surface area contributed by atoms with E-state index in [0.29, 0.717) is 17.7 Å². The molecule has 0 spiro atoms. The number of hydrogen-bond donors (Lipinski definition) is 3. The molecule has 172 valence electrons. The van der Waals surface area contributed by atoms with Gasteiger partial charge in [-0.3, -0.25) is 9.59 Å². The quantitative estimate of drug-likeness (QED) is 0.356. The van der Waals surface area contributed by atoms with E-state index < -0.39 is 23.5 Å². The molecule has 1 aliphatic rings. The first-order valence-corrected chi connectivity index (χ1v) is 10.7. The number of rotatable bonds is 7. The summed E-state index contributed by atoms with van der Waals surface area (Å²) in [5, 5.41) is 21.7. The highest BCUT2D eigenvalue weighted by molar-refractivity contribution is 6.15. The first-order chi connectivity index (χ1) is 16.5. The van der Waals surface area contributed by atoms with Crippen LogP contribution in [0.25, 0.3) is 10.9 Å². The molecule has 1 atom stereocenters. The maximum atomic E-state index is 13.2. The van der Waals surface area contributed by atoms with Crippen LogP contribution in [0, 0.1) is 0 Å². The number of aliphatic hydroxyl groups excluding tert-OH is 1. The van der Waals surface area contributed by atoms with E-state index in [9.17, 15) is 19.8 Å². The molecule has 0 saturated carbocycles. The summed E-state index contributed by atoms with van der Waals surface area (Å²) in [5.41, 5.74) is 2.32. The fraction of sp³-hybridized carbons (Fsp3) is 0.154. The summed E-state index contributed by atoms with van der Waals surface area (Å²) in [6.45, 7) is 0.225. The summed E-state index contributed by atoms with van der Waals surface area (Å²) in [5.74, 6) is -1.12. The summed E-state index contributed by atoms with van der Waals surface area (Å²) >= 11 is 0. The first-order valence-electron chi connectivity index (χ1n) is 10.7. The Kier molecular flexibility index (Phi) is 5.33. The normalized spacial score (nSPS) is 16.0. The fourth-order valence-electron chi connectivity index (χ4n) is 4.43. The Morgan fingerprint density at radius 2 is 2.00 bits per heavy atom. The number of phenols is 1. The number of nitrogens with one attached hydrogen (secondary N) is 1. The Bertz CT molecular complexity index is 1420. The number of aromatic amines is 1. The van der Waals surface area contributed by atoms with Crippen LogP contribution >= 0.6 is 0 Å². The predicted molar refractivity (Wildman–Crippen MR) is 124 cm³/mol. The number of hydrogen-bond acceptors (Lipinski definition) is 6. The maximum absolute atomic E-state index is 13.2. The van der Waals surface area contributed by atoms with Crippen LogP contribution < -0.4 is 4.74 Å². The average molecular weight is 458 g/mol. The molecule has 2 aromatic heterocycles. The number of furan rings is 1. The second kappa shape index (κ2) is 8.47. The standard InChI is InChI=1S/C26H22N2O6/c1-33-18-7-8-20-19(13-18)16(14-27-20)9-10-28-23(15-4-2-5-17(29)12-15)22(25(31)26(28)32)24(30)21-6-3-11-34-21/h2-8,11-14,23,27,29,31H,9-10H2,1H3. The van der Waals surface area contributed by atoms with Gasteiger partial charge in [0.05, 0.1) is 25.0 Å². The van der Waals surface area contributed by atoms with E-state index in [-0.39, 0.29) is 23.6 Å². The van der Waals surface area contributed by atoms with E-state index in [1.54, 1.807) is 25.3 Å². The summed E-state index contributed by atoms with van der Waals surface area (Å²) in [6.07, 6.45) is 3.69. The van der Waals surface area contributed by atoms with Gasteiger partial charge in [0.15, 0.2) is 11.5 Å². The highest BCUT2D eigenvalue weighted by Gasteiger charge is 2.44. The molecule has 4 aromatic rings. The number of amides is 1. The third-order valence-corrected chi connectivity index (χ3v) is 6.08. The van der Waals surface area contributed by atoms with Crippen LogP contribution in [0.5, 0.6) is 11.5 Å². The Labute approximate surface area is 194 Å². The van der Waals surface area contributed by atoms with Crippen LogP contribution in [0.15, 0.2) is 82.8 Å². The van der Waals surface area contributed by atoms with Gasteiger partial charge in [0.1, 0.15) is 11.5 Å². The van der Waals surface area contributed by atoms with Gasteiger partial charge in [-0.25, -0.2) is 0 Å². The van der Waals surface area contributed by atoms with Crippen molar-refractivity contribution in [1.82, 2.24) is 9.88 Å². The largest absolute Gasteiger partial charge is 0.508 e. The minimum absolute atomic E-state index is 0.00944. The van der Waals surface area contributed by atoms with Crippen molar-refractivity contribution in [2.24, 2.45) is 0 Å². The molecular weight excluding hydrogens is 436 g/mol. The number of Topliss-reactive ketones (excluding diaryl/α,β-unsaturated/α-hetero) is 1. The molecule has 8 nitrogen and oxygen atoms in total. The van der Waals surface area contributed by atoms with E-state index >= 15 is 0 Å². The zero-order valence-electron chi connectivity index (χ0n) is 18.3. The molecule has 0 saturated heterocycles. The molecule has 5 rings (SSSR count). The van der Waals surface area contributed by atoms with Gasteiger partial charge in [0.25, 0.3) is 5.91 Å². The first kappa shape index (κ1) is 21.4. The molecule has 0 radical (unpaired) electrons. The molecule has 1 unspecified atom stereocenters. The van der Waals surface area contributed by atoms with Gasteiger partial charge in [-0.15, -0.1) is 0 Å². The van der Waals surface area contributed by atoms with Crippen molar-refractivity contribution in [3.8, 4) is 11.5 Å². The number of nitrogens with zero attached hydrogens (tertiary/aromatic N) is 1. The van der Waals surface area contributed by atoms with Gasteiger partial charge in [-0.2, -0.15) is 0 Å². The monoisotopic (exact) mass is 458 g/mol. The molecule has 0 aliphatic carbocycles. The van der Waals surface area contributed by atoms with Crippen LogP contribution in [0.1, 0.15) is 27.7 Å². The topological polar surface area (TPSA) is 116 Å². The third kappa shape index (κ3) is 3.59. The molecule has 0 bridgehead atoms. The van der Waals surface area contributed by atoms with E-state index in [4.69, 9.17) is 9.15 Å². The number of aromatic hydroxyl groups is 1. The molecule has 2 aromatic carbocycles.